The Balaban J connectivity index is 3.31. The Bertz CT molecular complexity index is 416. The molecule has 5 nitrogen and oxygen atoms in total. The Morgan fingerprint density at radius 2 is 2.07 bits per heavy atom. The highest BCUT2D eigenvalue weighted by Crippen LogP contribution is 2.29. The largest absolute Gasteiger partial charge is 0.433 e. The van der Waals surface area contributed by atoms with Gasteiger partial charge in [0.05, 0.1) is 10.5 Å². The summed E-state index contributed by atoms with van der Waals surface area (Å²) in [6.07, 6.45) is -4.34. The summed E-state index contributed by atoms with van der Waals surface area (Å²) in [5.74, 6) is 0. The molecule has 1 rings (SSSR count). The van der Waals surface area contributed by atoms with Crippen LogP contribution < -0.4 is 0 Å². The van der Waals surface area contributed by atoms with Crippen molar-refractivity contribution in [2.75, 3.05) is 0 Å². The van der Waals surface area contributed by atoms with E-state index in [0.29, 0.717) is 12.3 Å². The number of pyridine rings is 1. The molecule has 1 aromatic rings. The molecule has 0 bridgehead atoms. The Hall–Kier alpha value is -1.99. The molecule has 0 aromatic carbocycles. The number of halogens is 3. The second kappa shape index (κ2) is 3.64. The lowest BCUT2D eigenvalue weighted by molar-refractivity contribution is -0.385. The van der Waals surface area contributed by atoms with E-state index in [-0.39, 0.29) is 6.29 Å². The maximum absolute atomic E-state index is 12.1. The van der Waals surface area contributed by atoms with E-state index in [1.165, 1.54) is 0 Å². The number of rotatable bonds is 2. The van der Waals surface area contributed by atoms with Gasteiger partial charge in [0.15, 0.2) is 6.29 Å². The first-order chi connectivity index (χ1) is 6.86. The molecule has 15 heavy (non-hydrogen) atoms. The third kappa shape index (κ3) is 2.27. The first-order valence-corrected chi connectivity index (χ1v) is 3.53. The fourth-order valence-electron chi connectivity index (χ4n) is 0.866. The maximum Gasteiger partial charge on any atom is 0.433 e. The van der Waals surface area contributed by atoms with E-state index in [0.717, 1.165) is 0 Å². The zero-order chi connectivity index (χ0) is 11.6. The molecule has 0 spiro atoms. The highest BCUT2D eigenvalue weighted by atomic mass is 19.4. The van der Waals surface area contributed by atoms with Crippen molar-refractivity contribution in [2.24, 2.45) is 0 Å². The molecule has 0 saturated heterocycles. The summed E-state index contributed by atoms with van der Waals surface area (Å²) in [6, 6.07) is 0.338. The van der Waals surface area contributed by atoms with Crippen LogP contribution in [0.3, 0.4) is 0 Å². The molecule has 0 atom stereocenters. The number of alkyl halides is 3. The molecule has 0 amide bonds. The Morgan fingerprint density at radius 1 is 1.47 bits per heavy atom. The molecule has 0 saturated carbocycles. The smallest absolute Gasteiger partial charge is 0.298 e. The van der Waals surface area contributed by atoms with Crippen LogP contribution in [-0.2, 0) is 6.18 Å². The van der Waals surface area contributed by atoms with E-state index in [1.54, 1.807) is 0 Å². The zero-order valence-corrected chi connectivity index (χ0v) is 6.99. The van der Waals surface area contributed by atoms with Crippen LogP contribution in [0.2, 0.25) is 0 Å². The lowest BCUT2D eigenvalue weighted by Crippen LogP contribution is -2.09. The number of carbonyl (C=O) groups excluding carboxylic acids is 1. The summed E-state index contributed by atoms with van der Waals surface area (Å²) in [5, 5.41) is 10.3. The summed E-state index contributed by atoms with van der Waals surface area (Å²) in [7, 11) is 0. The van der Waals surface area contributed by atoms with Crippen molar-refractivity contribution in [1.82, 2.24) is 4.98 Å². The van der Waals surface area contributed by atoms with Crippen molar-refractivity contribution >= 4 is 12.0 Å². The van der Waals surface area contributed by atoms with Gasteiger partial charge in [-0.3, -0.25) is 14.9 Å². The van der Waals surface area contributed by atoms with Gasteiger partial charge in [0.1, 0.15) is 11.9 Å². The summed E-state index contributed by atoms with van der Waals surface area (Å²) in [4.78, 5) is 22.5. The third-order valence-electron chi connectivity index (χ3n) is 1.53. The number of hydrogen-bond acceptors (Lipinski definition) is 4. The maximum atomic E-state index is 12.1. The van der Waals surface area contributed by atoms with Crippen molar-refractivity contribution in [3.63, 3.8) is 0 Å². The Labute approximate surface area is 80.7 Å². The van der Waals surface area contributed by atoms with Gasteiger partial charge in [0, 0.05) is 0 Å². The van der Waals surface area contributed by atoms with Gasteiger partial charge >= 0.3 is 6.18 Å². The zero-order valence-electron chi connectivity index (χ0n) is 6.99. The van der Waals surface area contributed by atoms with Crippen molar-refractivity contribution in [1.29, 1.82) is 0 Å². The molecule has 80 valence electrons. The van der Waals surface area contributed by atoms with Crippen molar-refractivity contribution in [3.8, 4) is 0 Å². The average molecular weight is 220 g/mol. The first-order valence-electron chi connectivity index (χ1n) is 3.53. The topological polar surface area (TPSA) is 73.1 Å². The molecule has 8 heteroatoms. The SMILES string of the molecule is O=Cc1cc(C(F)(F)F)ncc1[N+](=O)[O-]. The van der Waals surface area contributed by atoms with Gasteiger partial charge in [-0.1, -0.05) is 0 Å². The first kappa shape index (κ1) is 11.1. The van der Waals surface area contributed by atoms with Crippen molar-refractivity contribution in [3.05, 3.63) is 33.6 Å². The van der Waals surface area contributed by atoms with Crippen LogP contribution in [0.4, 0.5) is 18.9 Å². The van der Waals surface area contributed by atoms with Gasteiger partial charge in [-0.15, -0.1) is 0 Å². The van der Waals surface area contributed by atoms with E-state index in [1.807, 2.05) is 0 Å². The molecule has 0 aliphatic carbocycles. The summed E-state index contributed by atoms with van der Waals surface area (Å²) < 4.78 is 36.3. The Kier molecular flexibility index (Phi) is 2.69. The normalized spacial score (nSPS) is 11.1. The van der Waals surface area contributed by atoms with Gasteiger partial charge in [-0.2, -0.15) is 13.2 Å². The van der Waals surface area contributed by atoms with Crippen LogP contribution in [-0.4, -0.2) is 16.2 Å². The number of nitrogens with zero attached hydrogens (tertiary/aromatic N) is 2. The molecule has 0 N–H and O–H groups in total. The second-order valence-corrected chi connectivity index (χ2v) is 2.50. The minimum Gasteiger partial charge on any atom is -0.298 e. The monoisotopic (exact) mass is 220 g/mol. The van der Waals surface area contributed by atoms with Gasteiger partial charge in [0.25, 0.3) is 5.69 Å². The molecule has 0 radical (unpaired) electrons. The summed E-state index contributed by atoms with van der Waals surface area (Å²) in [6.45, 7) is 0. The second-order valence-electron chi connectivity index (χ2n) is 2.50. The van der Waals surface area contributed by atoms with Crippen molar-refractivity contribution in [2.45, 2.75) is 6.18 Å². The van der Waals surface area contributed by atoms with Gasteiger partial charge in [-0.05, 0) is 6.07 Å². The standard InChI is InChI=1S/C7H3F3N2O3/c8-7(9,10)6-1-4(3-13)5(2-11-6)12(14)15/h1-3H. The number of hydrogen-bond donors (Lipinski definition) is 0. The van der Waals surface area contributed by atoms with Crippen LogP contribution in [0.5, 0.6) is 0 Å². The van der Waals surface area contributed by atoms with E-state index >= 15 is 0 Å². The number of carbonyl (C=O) groups is 1. The van der Waals surface area contributed by atoms with E-state index in [9.17, 15) is 28.1 Å². The molecule has 0 aliphatic heterocycles. The average Bonchev–Trinajstić information content (AvgIpc) is 2.15. The molecule has 0 aliphatic rings. The van der Waals surface area contributed by atoms with Crippen LogP contribution in [0, 0.1) is 10.1 Å². The predicted molar refractivity (Wildman–Crippen MR) is 41.3 cm³/mol. The number of aldehydes is 1. The van der Waals surface area contributed by atoms with E-state index in [2.05, 4.69) is 4.98 Å². The quantitative estimate of drug-likeness (QED) is 0.433. The molecule has 0 fully saturated rings. The minimum absolute atomic E-state index is 0.0188. The lowest BCUT2D eigenvalue weighted by atomic mass is 10.2. The Morgan fingerprint density at radius 3 is 2.47 bits per heavy atom. The highest BCUT2D eigenvalue weighted by molar-refractivity contribution is 5.81. The molecular formula is C7H3F3N2O3. The number of aromatic nitrogens is 1. The molecular weight excluding hydrogens is 217 g/mol. The van der Waals surface area contributed by atoms with E-state index < -0.39 is 28.0 Å². The van der Waals surface area contributed by atoms with Gasteiger partial charge in [0.2, 0.25) is 0 Å². The predicted octanol–water partition coefficient (Wildman–Crippen LogP) is 1.82. The molecule has 1 heterocycles. The fraction of sp³-hybridized carbons (Fsp3) is 0.143. The molecule has 1 aromatic heterocycles. The molecule has 0 unspecified atom stereocenters. The van der Waals surface area contributed by atoms with Crippen LogP contribution in [0.15, 0.2) is 12.3 Å². The third-order valence-corrected chi connectivity index (χ3v) is 1.53. The van der Waals surface area contributed by atoms with Gasteiger partial charge in [-0.25, -0.2) is 4.98 Å². The number of nitro groups is 1. The van der Waals surface area contributed by atoms with Gasteiger partial charge < -0.3 is 0 Å². The minimum atomic E-state index is -4.73. The summed E-state index contributed by atoms with van der Waals surface area (Å²) >= 11 is 0. The lowest BCUT2D eigenvalue weighted by Gasteiger charge is -2.05. The highest BCUT2D eigenvalue weighted by Gasteiger charge is 2.34. The summed E-state index contributed by atoms with van der Waals surface area (Å²) in [5.41, 5.74) is -2.74. The van der Waals surface area contributed by atoms with Crippen LogP contribution >= 0.6 is 0 Å². The van der Waals surface area contributed by atoms with E-state index in [4.69, 9.17) is 0 Å². The van der Waals surface area contributed by atoms with Crippen LogP contribution in [0.1, 0.15) is 16.1 Å². The van der Waals surface area contributed by atoms with Crippen LogP contribution in [0.25, 0.3) is 0 Å². The fourth-order valence-corrected chi connectivity index (χ4v) is 0.866. The van der Waals surface area contributed by atoms with Crippen molar-refractivity contribution < 1.29 is 22.9 Å².